The zero-order valence-corrected chi connectivity index (χ0v) is 14.3. The summed E-state index contributed by atoms with van der Waals surface area (Å²) in [5.41, 5.74) is 0.940. The van der Waals surface area contributed by atoms with Crippen LogP contribution in [0.5, 0.6) is 0 Å². The molecule has 6 heteroatoms. The molecule has 6 nitrogen and oxygen atoms in total. The van der Waals surface area contributed by atoms with Crippen molar-refractivity contribution in [2.45, 2.75) is 31.3 Å². The number of amides is 2. The average Bonchev–Trinajstić information content (AvgIpc) is 3.41. The highest BCUT2D eigenvalue weighted by Gasteiger charge is 2.52. The molecule has 1 aromatic carbocycles. The maximum absolute atomic E-state index is 12.9. The summed E-state index contributed by atoms with van der Waals surface area (Å²) in [6, 6.07) is 9.18. The Labute approximate surface area is 146 Å². The van der Waals surface area contributed by atoms with Crippen molar-refractivity contribution in [1.29, 1.82) is 0 Å². The molecule has 132 valence electrons. The molecule has 2 heterocycles. The van der Waals surface area contributed by atoms with Gasteiger partial charge < -0.3 is 14.5 Å². The Balaban J connectivity index is 1.63. The summed E-state index contributed by atoms with van der Waals surface area (Å²) in [6.45, 7) is 0.626. The predicted molar refractivity (Wildman–Crippen MR) is 89.2 cm³/mol. The second kappa shape index (κ2) is 6.17. The molecule has 3 aliphatic rings. The van der Waals surface area contributed by atoms with E-state index in [1.807, 2.05) is 35.2 Å². The van der Waals surface area contributed by atoms with Crippen LogP contribution < -0.4 is 0 Å². The van der Waals surface area contributed by atoms with Crippen LogP contribution >= 0.6 is 0 Å². The van der Waals surface area contributed by atoms with Crippen LogP contribution in [0, 0.1) is 11.8 Å². The van der Waals surface area contributed by atoms with Gasteiger partial charge in [-0.1, -0.05) is 30.3 Å². The Bertz CT molecular complexity index is 701. The van der Waals surface area contributed by atoms with Crippen molar-refractivity contribution in [3.8, 4) is 0 Å². The molecule has 0 bridgehead atoms. The van der Waals surface area contributed by atoms with Gasteiger partial charge in [0.25, 0.3) is 0 Å². The van der Waals surface area contributed by atoms with Crippen LogP contribution in [0.25, 0.3) is 0 Å². The molecular weight excluding hydrogens is 320 g/mol. The van der Waals surface area contributed by atoms with Gasteiger partial charge in [-0.2, -0.15) is 0 Å². The van der Waals surface area contributed by atoms with Crippen molar-refractivity contribution < 1.29 is 19.1 Å². The number of methoxy groups -OCH3 is 1. The smallest absolute Gasteiger partial charge is 0.311 e. The number of ether oxygens (including phenoxy) is 1. The molecular formula is C19H22N2O4. The summed E-state index contributed by atoms with van der Waals surface area (Å²) in [7, 11) is 1.38. The normalized spacial score (nSPS) is 28.7. The quantitative estimate of drug-likeness (QED) is 0.778. The number of hydrogen-bond acceptors (Lipinski definition) is 4. The Hall–Kier alpha value is -2.37. The second-order valence-electron chi connectivity index (χ2n) is 7.17. The third-order valence-electron chi connectivity index (χ3n) is 5.53. The van der Waals surface area contributed by atoms with Gasteiger partial charge in [0.2, 0.25) is 11.8 Å². The highest BCUT2D eigenvalue weighted by atomic mass is 16.5. The van der Waals surface area contributed by atoms with E-state index in [2.05, 4.69) is 0 Å². The zero-order valence-electron chi connectivity index (χ0n) is 14.3. The van der Waals surface area contributed by atoms with E-state index in [0.29, 0.717) is 13.0 Å². The van der Waals surface area contributed by atoms with E-state index in [9.17, 15) is 14.4 Å². The molecule has 1 aliphatic carbocycles. The molecule has 0 unspecified atom stereocenters. The van der Waals surface area contributed by atoms with E-state index in [-0.39, 0.29) is 42.3 Å². The fourth-order valence-corrected chi connectivity index (χ4v) is 4.22. The first-order valence-corrected chi connectivity index (χ1v) is 8.83. The molecule has 1 saturated carbocycles. The van der Waals surface area contributed by atoms with Crippen molar-refractivity contribution in [3.63, 3.8) is 0 Å². The molecule has 4 rings (SSSR count). The van der Waals surface area contributed by atoms with E-state index in [0.717, 1.165) is 18.4 Å². The number of benzene rings is 1. The van der Waals surface area contributed by atoms with E-state index in [4.69, 9.17) is 4.74 Å². The van der Waals surface area contributed by atoms with Crippen molar-refractivity contribution >= 4 is 17.8 Å². The summed E-state index contributed by atoms with van der Waals surface area (Å²) in [5.74, 6) is -0.577. The van der Waals surface area contributed by atoms with Gasteiger partial charge in [-0.15, -0.1) is 0 Å². The topological polar surface area (TPSA) is 66.9 Å². The van der Waals surface area contributed by atoms with Crippen LogP contribution in [0.1, 0.15) is 30.9 Å². The molecule has 2 aliphatic heterocycles. The maximum Gasteiger partial charge on any atom is 0.311 e. The first-order valence-electron chi connectivity index (χ1n) is 8.83. The molecule has 0 aromatic heterocycles. The number of hydrogen-bond donors (Lipinski definition) is 0. The number of fused-ring (bicyclic) bond motifs is 1. The van der Waals surface area contributed by atoms with Gasteiger partial charge in [0, 0.05) is 12.5 Å². The zero-order chi connectivity index (χ0) is 17.6. The van der Waals surface area contributed by atoms with Gasteiger partial charge in [-0.05, 0) is 24.8 Å². The van der Waals surface area contributed by atoms with Gasteiger partial charge in [0.05, 0.1) is 31.7 Å². The van der Waals surface area contributed by atoms with Gasteiger partial charge in [0.15, 0.2) is 0 Å². The van der Waals surface area contributed by atoms with Crippen LogP contribution in [0.3, 0.4) is 0 Å². The van der Waals surface area contributed by atoms with Crippen LogP contribution in [0.4, 0.5) is 0 Å². The number of nitrogens with zero attached hydrogens (tertiary/aromatic N) is 2. The van der Waals surface area contributed by atoms with Gasteiger partial charge >= 0.3 is 5.97 Å². The van der Waals surface area contributed by atoms with Gasteiger partial charge in [0.1, 0.15) is 0 Å². The van der Waals surface area contributed by atoms with Crippen LogP contribution in [0.15, 0.2) is 30.3 Å². The standard InChI is InChI=1S/C19H22N2O4/c1-25-19(24)15-9-14-10-20(18(23)13-7-8-13)11-16(22)21(14)17(15)12-5-3-2-4-6-12/h2-6,13-15,17H,7-11H2,1H3/t14-,15-,17-/m0/s1. The Morgan fingerprint density at radius 3 is 2.52 bits per heavy atom. The lowest BCUT2D eigenvalue weighted by molar-refractivity contribution is -0.151. The molecule has 2 amide bonds. The minimum atomic E-state index is -0.391. The minimum Gasteiger partial charge on any atom is -0.469 e. The van der Waals surface area contributed by atoms with Crippen LogP contribution in [0.2, 0.25) is 0 Å². The number of carbonyl (C=O) groups excluding carboxylic acids is 3. The lowest BCUT2D eigenvalue weighted by atomic mass is 9.93. The van der Waals surface area contributed by atoms with Gasteiger partial charge in [-0.3, -0.25) is 14.4 Å². The molecule has 0 spiro atoms. The monoisotopic (exact) mass is 342 g/mol. The molecule has 25 heavy (non-hydrogen) atoms. The highest BCUT2D eigenvalue weighted by Crippen LogP contribution is 2.44. The first-order chi connectivity index (χ1) is 12.1. The summed E-state index contributed by atoms with van der Waals surface area (Å²) >= 11 is 0. The van der Waals surface area contributed by atoms with Crippen LogP contribution in [-0.2, 0) is 19.1 Å². The lowest BCUT2D eigenvalue weighted by Crippen LogP contribution is -2.56. The molecule has 1 aromatic rings. The van der Waals surface area contributed by atoms with E-state index in [1.54, 1.807) is 4.90 Å². The summed E-state index contributed by atoms with van der Waals surface area (Å²) in [6.07, 6.45) is 2.39. The van der Waals surface area contributed by atoms with E-state index >= 15 is 0 Å². The number of rotatable bonds is 3. The predicted octanol–water partition coefficient (Wildman–Crippen LogP) is 1.37. The van der Waals surface area contributed by atoms with E-state index < -0.39 is 5.92 Å². The minimum absolute atomic E-state index is 0.0782. The number of esters is 1. The summed E-state index contributed by atoms with van der Waals surface area (Å²) in [4.78, 5) is 41.1. The van der Waals surface area contributed by atoms with Crippen molar-refractivity contribution in [3.05, 3.63) is 35.9 Å². The van der Waals surface area contributed by atoms with Crippen molar-refractivity contribution in [2.75, 3.05) is 20.2 Å². The fourth-order valence-electron chi connectivity index (χ4n) is 4.22. The van der Waals surface area contributed by atoms with Crippen molar-refractivity contribution in [1.82, 2.24) is 9.80 Å². The Morgan fingerprint density at radius 1 is 1.16 bits per heavy atom. The SMILES string of the molecule is COC(=O)[C@H]1C[C@H]2CN(C(=O)C3CC3)CC(=O)N2[C@H]1c1ccccc1. The van der Waals surface area contributed by atoms with Crippen LogP contribution in [-0.4, -0.2) is 53.8 Å². The summed E-state index contributed by atoms with van der Waals surface area (Å²) in [5, 5.41) is 0. The third-order valence-corrected chi connectivity index (χ3v) is 5.53. The number of piperazine rings is 1. The molecule has 0 radical (unpaired) electrons. The molecule has 0 N–H and O–H groups in total. The molecule has 2 saturated heterocycles. The Morgan fingerprint density at radius 2 is 1.88 bits per heavy atom. The summed E-state index contributed by atoms with van der Waals surface area (Å²) < 4.78 is 4.99. The van der Waals surface area contributed by atoms with Crippen molar-refractivity contribution in [2.24, 2.45) is 11.8 Å². The highest BCUT2D eigenvalue weighted by molar-refractivity contribution is 5.89. The fraction of sp³-hybridized carbons (Fsp3) is 0.526. The van der Waals surface area contributed by atoms with Gasteiger partial charge in [-0.25, -0.2) is 0 Å². The lowest BCUT2D eigenvalue weighted by Gasteiger charge is -2.40. The third kappa shape index (κ3) is 2.79. The Kier molecular flexibility index (Phi) is 3.98. The first kappa shape index (κ1) is 16.1. The molecule has 3 atom stereocenters. The average molecular weight is 342 g/mol. The maximum atomic E-state index is 12.9. The largest absolute Gasteiger partial charge is 0.469 e. The molecule has 3 fully saturated rings. The van der Waals surface area contributed by atoms with E-state index in [1.165, 1.54) is 7.11 Å². The number of carbonyl (C=O) groups is 3. The second-order valence-corrected chi connectivity index (χ2v) is 7.17.